The first kappa shape index (κ1) is 33.9. The summed E-state index contributed by atoms with van der Waals surface area (Å²) in [6.45, 7) is 5.10. The van der Waals surface area contributed by atoms with E-state index in [1.165, 1.54) is 44.2 Å². The van der Waals surface area contributed by atoms with Crippen LogP contribution in [0.5, 0.6) is 23.0 Å². The van der Waals surface area contributed by atoms with E-state index in [1.807, 2.05) is 0 Å². The molecule has 0 unspecified atom stereocenters. The van der Waals surface area contributed by atoms with Gasteiger partial charge in [0.2, 0.25) is 23.8 Å². The largest absolute Gasteiger partial charge is 0.508 e. The molecule has 254 valence electrons. The fourth-order valence-corrected chi connectivity index (χ4v) is 5.36. The van der Waals surface area contributed by atoms with Crippen molar-refractivity contribution in [3.63, 3.8) is 0 Å². The van der Waals surface area contributed by atoms with Gasteiger partial charge in [-0.3, -0.25) is 14.4 Å². The number of aliphatic hydroxyl groups is 4. The molecule has 2 aliphatic rings. The van der Waals surface area contributed by atoms with Crippen molar-refractivity contribution in [3.8, 4) is 34.3 Å². The van der Waals surface area contributed by atoms with Crippen LogP contribution in [0.2, 0.25) is 0 Å². The molecule has 0 saturated carbocycles. The van der Waals surface area contributed by atoms with E-state index in [0.717, 1.165) is 19.9 Å². The third-order valence-corrected chi connectivity index (χ3v) is 7.69. The van der Waals surface area contributed by atoms with E-state index in [-0.39, 0.29) is 28.4 Å². The van der Waals surface area contributed by atoms with Gasteiger partial charge in [0, 0.05) is 31.5 Å². The number of ether oxygens (including phenoxy) is 6. The molecular weight excluding hydrogens is 628 g/mol. The van der Waals surface area contributed by atoms with Crippen molar-refractivity contribution in [2.75, 3.05) is 0 Å². The van der Waals surface area contributed by atoms with Crippen LogP contribution in [0, 0.1) is 0 Å². The SMILES string of the molecule is CC(=O)O[C@@H]1[C@H](Oc2c(-c3ccc(O)cc3)oc3cc(O[C@@H]4O[C@@H](C)[C@H](O)[C@@H](O)[C@H]4O)cc(O)c3c2=O)O[C@@H](C)[C@H](OC(C)=O)[C@H]1O. The number of phenols is 2. The molecular formula is C31H34O16. The monoisotopic (exact) mass is 662 g/mol. The maximum atomic E-state index is 14.0. The lowest BCUT2D eigenvalue weighted by Crippen LogP contribution is -2.60. The van der Waals surface area contributed by atoms with Crippen LogP contribution < -0.4 is 14.9 Å². The average Bonchev–Trinajstić information content (AvgIpc) is 3.00. The Morgan fingerprint density at radius 3 is 2.00 bits per heavy atom. The Bertz CT molecular complexity index is 1690. The van der Waals surface area contributed by atoms with Crippen LogP contribution in [-0.4, -0.2) is 104 Å². The average molecular weight is 663 g/mol. The normalized spacial score (nSPS) is 30.8. The number of fused-ring (bicyclic) bond motifs is 1. The summed E-state index contributed by atoms with van der Waals surface area (Å²) in [6, 6.07) is 7.62. The Kier molecular flexibility index (Phi) is 9.63. The van der Waals surface area contributed by atoms with Crippen molar-refractivity contribution in [1.29, 1.82) is 0 Å². The van der Waals surface area contributed by atoms with Crippen LogP contribution in [-0.2, 0) is 28.5 Å². The zero-order chi connectivity index (χ0) is 34.3. The molecule has 47 heavy (non-hydrogen) atoms. The number of hydrogen-bond acceptors (Lipinski definition) is 16. The third kappa shape index (κ3) is 6.83. The van der Waals surface area contributed by atoms with Gasteiger partial charge in [0.25, 0.3) is 0 Å². The third-order valence-electron chi connectivity index (χ3n) is 7.69. The molecule has 0 amide bonds. The van der Waals surface area contributed by atoms with E-state index in [4.69, 9.17) is 32.8 Å². The molecule has 2 saturated heterocycles. The van der Waals surface area contributed by atoms with Gasteiger partial charge in [0.05, 0.1) is 12.2 Å². The van der Waals surface area contributed by atoms with Crippen molar-refractivity contribution in [3.05, 3.63) is 46.6 Å². The molecule has 16 heteroatoms. The molecule has 16 nitrogen and oxygen atoms in total. The Hall–Kier alpha value is -4.45. The van der Waals surface area contributed by atoms with Crippen LogP contribution in [0.4, 0.5) is 0 Å². The molecule has 5 rings (SSSR count). The highest BCUT2D eigenvalue weighted by molar-refractivity contribution is 5.88. The first-order valence-corrected chi connectivity index (χ1v) is 14.5. The Balaban J connectivity index is 1.59. The summed E-state index contributed by atoms with van der Waals surface area (Å²) in [5, 5.41) is 62.0. The predicted molar refractivity (Wildman–Crippen MR) is 156 cm³/mol. The highest BCUT2D eigenvalue weighted by Crippen LogP contribution is 2.39. The van der Waals surface area contributed by atoms with Crippen LogP contribution >= 0.6 is 0 Å². The topological polar surface area (TPSA) is 241 Å². The smallest absolute Gasteiger partial charge is 0.303 e. The minimum absolute atomic E-state index is 0.112. The number of carbonyl (C=O) groups is 2. The summed E-state index contributed by atoms with van der Waals surface area (Å²) < 4.78 is 39.3. The van der Waals surface area contributed by atoms with Crippen molar-refractivity contribution < 1.29 is 73.1 Å². The quantitative estimate of drug-likeness (QED) is 0.188. The highest BCUT2D eigenvalue weighted by Gasteiger charge is 2.49. The Labute approximate surface area is 266 Å². The van der Waals surface area contributed by atoms with E-state index >= 15 is 0 Å². The molecule has 0 radical (unpaired) electrons. The summed E-state index contributed by atoms with van der Waals surface area (Å²) in [5.74, 6) is -3.29. The number of hydrogen-bond donors (Lipinski definition) is 6. The van der Waals surface area contributed by atoms with E-state index in [2.05, 4.69) is 0 Å². The molecule has 6 N–H and O–H groups in total. The van der Waals surface area contributed by atoms with Crippen molar-refractivity contribution in [2.24, 2.45) is 0 Å². The lowest BCUT2D eigenvalue weighted by molar-refractivity contribution is -0.277. The van der Waals surface area contributed by atoms with Gasteiger partial charge in [-0.15, -0.1) is 0 Å². The first-order valence-electron chi connectivity index (χ1n) is 14.5. The van der Waals surface area contributed by atoms with Gasteiger partial charge >= 0.3 is 11.9 Å². The van der Waals surface area contributed by atoms with Gasteiger partial charge in [0.15, 0.2) is 18.0 Å². The molecule has 3 heterocycles. The molecule has 2 fully saturated rings. The van der Waals surface area contributed by atoms with E-state index in [1.54, 1.807) is 0 Å². The summed E-state index contributed by atoms with van der Waals surface area (Å²) in [7, 11) is 0. The molecule has 10 atom stereocenters. The summed E-state index contributed by atoms with van der Waals surface area (Å²) in [5.41, 5.74) is -0.969. The van der Waals surface area contributed by atoms with Gasteiger partial charge in [0.1, 0.15) is 52.6 Å². The van der Waals surface area contributed by atoms with Gasteiger partial charge in [-0.05, 0) is 38.1 Å². The fourth-order valence-electron chi connectivity index (χ4n) is 5.36. The van der Waals surface area contributed by atoms with Crippen molar-refractivity contribution in [1.82, 2.24) is 0 Å². The lowest BCUT2D eigenvalue weighted by atomic mass is 9.99. The zero-order valence-electron chi connectivity index (χ0n) is 25.5. The maximum Gasteiger partial charge on any atom is 0.303 e. The molecule has 0 aliphatic carbocycles. The highest BCUT2D eigenvalue weighted by atomic mass is 16.7. The van der Waals surface area contributed by atoms with E-state index in [9.17, 15) is 45.0 Å². The van der Waals surface area contributed by atoms with Crippen LogP contribution in [0.25, 0.3) is 22.3 Å². The van der Waals surface area contributed by atoms with Gasteiger partial charge in [-0.1, -0.05) is 0 Å². The van der Waals surface area contributed by atoms with Gasteiger partial charge in [-0.2, -0.15) is 0 Å². The van der Waals surface area contributed by atoms with Crippen LogP contribution in [0.15, 0.2) is 45.6 Å². The molecule has 0 bridgehead atoms. The summed E-state index contributed by atoms with van der Waals surface area (Å²) in [6.07, 6.45) is -14.2. The van der Waals surface area contributed by atoms with Gasteiger partial charge < -0.3 is 63.5 Å². The predicted octanol–water partition coefficient (Wildman–Crippen LogP) is 0.425. The van der Waals surface area contributed by atoms with E-state index < -0.39 is 95.7 Å². The Morgan fingerprint density at radius 2 is 1.36 bits per heavy atom. The number of benzene rings is 2. The summed E-state index contributed by atoms with van der Waals surface area (Å²) >= 11 is 0. The number of aromatic hydroxyl groups is 2. The second-order valence-electron chi connectivity index (χ2n) is 11.2. The molecule has 2 aromatic carbocycles. The lowest BCUT2D eigenvalue weighted by Gasteiger charge is -2.41. The van der Waals surface area contributed by atoms with E-state index in [0.29, 0.717) is 0 Å². The molecule has 1 aromatic heterocycles. The Morgan fingerprint density at radius 1 is 0.745 bits per heavy atom. The standard InChI is InChI=1S/C31H34O16/c1-11-21(36)23(38)24(39)30(41-11)45-17-9-18(35)20-19(10-17)46-27(15-5-7-16(34)8-6-15)28(22(20)37)47-31-29(44-14(4)33)25(40)26(12(2)42-31)43-13(3)32/h5-12,21,23-26,29-31,34-36,38-40H,1-4H3/t11-,12-,21-,23+,24+,25+,26-,29-,30-,31-/m0/s1. The van der Waals surface area contributed by atoms with Gasteiger partial charge in [-0.25, -0.2) is 0 Å². The number of esters is 2. The number of phenolic OH excluding ortho intramolecular Hbond substituents is 2. The maximum absolute atomic E-state index is 14.0. The molecule has 0 spiro atoms. The minimum Gasteiger partial charge on any atom is -0.508 e. The zero-order valence-corrected chi connectivity index (χ0v) is 25.5. The number of rotatable bonds is 7. The van der Waals surface area contributed by atoms with Crippen LogP contribution in [0.3, 0.4) is 0 Å². The first-order chi connectivity index (χ1) is 22.2. The second-order valence-corrected chi connectivity index (χ2v) is 11.2. The molecule has 2 aliphatic heterocycles. The second kappa shape index (κ2) is 13.3. The molecule has 3 aromatic rings. The fraction of sp³-hybridized carbons (Fsp3) is 0.452. The van der Waals surface area contributed by atoms with Crippen LogP contribution in [0.1, 0.15) is 27.7 Å². The van der Waals surface area contributed by atoms with Crippen molar-refractivity contribution >= 4 is 22.9 Å². The number of carbonyl (C=O) groups excluding carboxylic acids is 2. The summed E-state index contributed by atoms with van der Waals surface area (Å²) in [4.78, 5) is 37.6. The minimum atomic E-state index is -1.67. The number of aliphatic hydroxyl groups excluding tert-OH is 4. The van der Waals surface area contributed by atoms with Crippen molar-refractivity contribution in [2.45, 2.75) is 89.1 Å².